The van der Waals surface area contributed by atoms with E-state index < -0.39 is 0 Å². The fourth-order valence-electron chi connectivity index (χ4n) is 3.67. The van der Waals surface area contributed by atoms with Crippen LogP contribution in [0.25, 0.3) is 0 Å². The highest BCUT2D eigenvalue weighted by Crippen LogP contribution is 2.26. The molecule has 4 heteroatoms. The lowest BCUT2D eigenvalue weighted by Gasteiger charge is -2.38. The van der Waals surface area contributed by atoms with Crippen molar-refractivity contribution in [2.24, 2.45) is 0 Å². The Kier molecular flexibility index (Phi) is 5.68. The predicted molar refractivity (Wildman–Crippen MR) is 93.4 cm³/mol. The summed E-state index contributed by atoms with van der Waals surface area (Å²) in [6, 6.07) is 8.56. The smallest absolute Gasteiger partial charge is 0.244 e. The summed E-state index contributed by atoms with van der Waals surface area (Å²) in [5.74, 6) is 0.302. The normalized spacial score (nSPS) is 21.2. The highest BCUT2D eigenvalue weighted by molar-refractivity contribution is 5.83. The molecule has 1 amide bonds. The molecule has 2 fully saturated rings. The van der Waals surface area contributed by atoms with Gasteiger partial charge in [-0.1, -0.05) is 31.2 Å². The number of piperidine rings is 1. The minimum Gasteiger partial charge on any atom is -0.341 e. The minimum absolute atomic E-state index is 0.110. The van der Waals surface area contributed by atoms with Crippen LogP contribution in [-0.2, 0) is 11.2 Å². The first-order valence-electron chi connectivity index (χ1n) is 9.12. The largest absolute Gasteiger partial charge is 0.341 e. The zero-order chi connectivity index (χ0) is 16.1. The second kappa shape index (κ2) is 7.93. The van der Waals surface area contributed by atoms with E-state index >= 15 is 0 Å². The van der Waals surface area contributed by atoms with E-state index in [0.29, 0.717) is 5.91 Å². The molecule has 0 bridgehead atoms. The second-order valence-electron chi connectivity index (χ2n) is 6.67. The van der Waals surface area contributed by atoms with Crippen molar-refractivity contribution in [2.75, 3.05) is 39.3 Å². The minimum atomic E-state index is -0.110. The van der Waals surface area contributed by atoms with Gasteiger partial charge >= 0.3 is 0 Å². The molecule has 1 aromatic carbocycles. The van der Waals surface area contributed by atoms with Crippen LogP contribution in [0.2, 0.25) is 0 Å². The van der Waals surface area contributed by atoms with E-state index in [9.17, 15) is 4.79 Å². The Morgan fingerprint density at radius 1 is 1.04 bits per heavy atom. The number of carbonyl (C=O) groups excluding carboxylic acids is 1. The molecule has 126 valence electrons. The number of aryl methyl sites for hydroxylation is 1. The first-order valence-corrected chi connectivity index (χ1v) is 9.12. The molecule has 2 heterocycles. The maximum Gasteiger partial charge on any atom is 0.244 e. The van der Waals surface area contributed by atoms with Crippen molar-refractivity contribution < 1.29 is 4.79 Å². The number of carbonyl (C=O) groups is 1. The molecule has 0 aliphatic carbocycles. The van der Waals surface area contributed by atoms with Gasteiger partial charge in [-0.05, 0) is 36.8 Å². The lowest BCUT2D eigenvalue weighted by atomic mass is 9.99. The first kappa shape index (κ1) is 16.5. The van der Waals surface area contributed by atoms with Crippen molar-refractivity contribution in [1.29, 1.82) is 0 Å². The van der Waals surface area contributed by atoms with Gasteiger partial charge in [0, 0.05) is 39.3 Å². The zero-order valence-electron chi connectivity index (χ0n) is 14.3. The Morgan fingerprint density at radius 3 is 2.30 bits per heavy atom. The van der Waals surface area contributed by atoms with Gasteiger partial charge in [-0.3, -0.25) is 9.69 Å². The summed E-state index contributed by atoms with van der Waals surface area (Å²) in [4.78, 5) is 17.7. The van der Waals surface area contributed by atoms with Crippen LogP contribution in [0.15, 0.2) is 24.3 Å². The molecule has 1 unspecified atom stereocenters. The van der Waals surface area contributed by atoms with E-state index in [1.165, 1.54) is 12.0 Å². The number of hydrogen-bond acceptors (Lipinski definition) is 3. The van der Waals surface area contributed by atoms with Gasteiger partial charge < -0.3 is 10.2 Å². The summed E-state index contributed by atoms with van der Waals surface area (Å²) in [5, 5.41) is 3.39. The zero-order valence-corrected chi connectivity index (χ0v) is 14.3. The van der Waals surface area contributed by atoms with E-state index in [1.54, 1.807) is 0 Å². The second-order valence-corrected chi connectivity index (χ2v) is 6.67. The van der Waals surface area contributed by atoms with Gasteiger partial charge in [0.15, 0.2) is 0 Å². The average molecular weight is 315 g/mol. The molecule has 0 spiro atoms. The molecule has 1 atom stereocenters. The third kappa shape index (κ3) is 3.93. The van der Waals surface area contributed by atoms with Crippen LogP contribution in [0.4, 0.5) is 0 Å². The van der Waals surface area contributed by atoms with Crippen molar-refractivity contribution in [3.8, 4) is 0 Å². The highest BCUT2D eigenvalue weighted by Gasteiger charge is 2.32. The van der Waals surface area contributed by atoms with Crippen LogP contribution in [-0.4, -0.2) is 55.0 Å². The van der Waals surface area contributed by atoms with Crippen LogP contribution in [0.1, 0.15) is 43.4 Å². The van der Waals surface area contributed by atoms with Crippen molar-refractivity contribution in [3.63, 3.8) is 0 Å². The molecule has 0 saturated carbocycles. The molecule has 23 heavy (non-hydrogen) atoms. The SMILES string of the molecule is CCc1ccc(C(C(=O)N2CCCCC2)N2CCNCC2)cc1. The lowest BCUT2D eigenvalue weighted by Crippen LogP contribution is -2.51. The van der Waals surface area contributed by atoms with Crippen LogP contribution in [0.3, 0.4) is 0 Å². The molecule has 1 N–H and O–H groups in total. The number of hydrogen-bond donors (Lipinski definition) is 1. The van der Waals surface area contributed by atoms with E-state index in [1.807, 2.05) is 0 Å². The van der Waals surface area contributed by atoms with E-state index in [2.05, 4.69) is 46.3 Å². The Balaban J connectivity index is 1.83. The van der Waals surface area contributed by atoms with Gasteiger partial charge in [0.25, 0.3) is 0 Å². The average Bonchev–Trinajstić information content (AvgIpc) is 2.64. The van der Waals surface area contributed by atoms with Gasteiger partial charge in [-0.15, -0.1) is 0 Å². The molecular formula is C19H29N3O. The van der Waals surface area contributed by atoms with Crippen molar-refractivity contribution in [2.45, 2.75) is 38.6 Å². The quantitative estimate of drug-likeness (QED) is 0.925. The lowest BCUT2D eigenvalue weighted by molar-refractivity contribution is -0.138. The number of rotatable bonds is 4. The van der Waals surface area contributed by atoms with E-state index in [0.717, 1.165) is 64.1 Å². The number of nitrogens with one attached hydrogen (secondary N) is 1. The van der Waals surface area contributed by atoms with Crippen LogP contribution in [0, 0.1) is 0 Å². The van der Waals surface area contributed by atoms with E-state index in [-0.39, 0.29) is 6.04 Å². The van der Waals surface area contributed by atoms with Gasteiger partial charge in [-0.25, -0.2) is 0 Å². The summed E-state index contributed by atoms with van der Waals surface area (Å²) in [6.45, 7) is 7.85. The Bertz CT molecular complexity index is 502. The summed E-state index contributed by atoms with van der Waals surface area (Å²) in [6.07, 6.45) is 4.59. The number of likely N-dealkylation sites (tertiary alicyclic amines) is 1. The number of benzene rings is 1. The molecule has 1 aromatic rings. The molecule has 3 rings (SSSR count). The van der Waals surface area contributed by atoms with Crippen molar-refractivity contribution >= 4 is 5.91 Å². The summed E-state index contributed by atoms with van der Waals surface area (Å²) in [7, 11) is 0. The molecule has 0 radical (unpaired) electrons. The van der Waals surface area contributed by atoms with Crippen molar-refractivity contribution in [3.05, 3.63) is 35.4 Å². The van der Waals surface area contributed by atoms with Crippen LogP contribution in [0.5, 0.6) is 0 Å². The highest BCUT2D eigenvalue weighted by atomic mass is 16.2. The van der Waals surface area contributed by atoms with Crippen LogP contribution < -0.4 is 5.32 Å². The molecule has 2 saturated heterocycles. The third-order valence-corrected chi connectivity index (χ3v) is 5.12. The molecule has 2 aliphatic heterocycles. The molecule has 2 aliphatic rings. The maximum atomic E-state index is 13.2. The van der Waals surface area contributed by atoms with Gasteiger partial charge in [0.05, 0.1) is 0 Å². The summed E-state index contributed by atoms with van der Waals surface area (Å²) >= 11 is 0. The fraction of sp³-hybridized carbons (Fsp3) is 0.632. The maximum absolute atomic E-state index is 13.2. The summed E-state index contributed by atoms with van der Waals surface area (Å²) < 4.78 is 0. The number of amides is 1. The third-order valence-electron chi connectivity index (χ3n) is 5.12. The van der Waals surface area contributed by atoms with Crippen LogP contribution >= 0.6 is 0 Å². The first-order chi connectivity index (χ1) is 11.3. The van der Waals surface area contributed by atoms with Crippen molar-refractivity contribution in [1.82, 2.24) is 15.1 Å². The molecular weight excluding hydrogens is 286 g/mol. The van der Waals surface area contributed by atoms with Gasteiger partial charge in [0.2, 0.25) is 5.91 Å². The fourth-order valence-corrected chi connectivity index (χ4v) is 3.67. The van der Waals surface area contributed by atoms with E-state index in [4.69, 9.17) is 0 Å². The Labute approximate surface area is 139 Å². The Hall–Kier alpha value is -1.39. The summed E-state index contributed by atoms with van der Waals surface area (Å²) in [5.41, 5.74) is 2.48. The van der Waals surface area contributed by atoms with Gasteiger partial charge in [0.1, 0.15) is 6.04 Å². The molecule has 0 aromatic heterocycles. The number of piperazine rings is 1. The Morgan fingerprint density at radius 2 is 1.70 bits per heavy atom. The van der Waals surface area contributed by atoms with Gasteiger partial charge in [-0.2, -0.15) is 0 Å². The number of nitrogens with zero attached hydrogens (tertiary/aromatic N) is 2. The molecule has 4 nitrogen and oxygen atoms in total. The standard InChI is InChI=1S/C19H29N3O/c1-2-16-6-8-17(9-7-16)18(21-14-10-20-11-15-21)19(23)22-12-4-3-5-13-22/h6-9,18,20H,2-5,10-15H2,1H3. The monoisotopic (exact) mass is 315 g/mol. The topological polar surface area (TPSA) is 35.6 Å². The predicted octanol–water partition coefficient (Wildman–Crippen LogP) is 2.21.